The molecule has 2 aromatic carbocycles. The van der Waals surface area contributed by atoms with Gasteiger partial charge in [-0.25, -0.2) is 0 Å². The Hall–Kier alpha value is -2.49. The number of carbonyl (C=O) groups excluding carboxylic acids is 1. The van der Waals surface area contributed by atoms with Crippen LogP contribution in [0.5, 0.6) is 5.75 Å². The summed E-state index contributed by atoms with van der Waals surface area (Å²) < 4.78 is 5.15. The molecule has 1 amide bonds. The van der Waals surface area contributed by atoms with Crippen LogP contribution >= 0.6 is 0 Å². The third-order valence-electron chi connectivity index (χ3n) is 5.32. The summed E-state index contributed by atoms with van der Waals surface area (Å²) in [5.41, 5.74) is 3.39. The van der Waals surface area contributed by atoms with Gasteiger partial charge in [0.05, 0.1) is 19.6 Å². The topological polar surface area (TPSA) is 41.6 Å². The minimum Gasteiger partial charge on any atom is -0.497 e. The fourth-order valence-corrected chi connectivity index (χ4v) is 3.70. The summed E-state index contributed by atoms with van der Waals surface area (Å²) in [6, 6.07) is 16.2. The summed E-state index contributed by atoms with van der Waals surface area (Å²) in [5, 5.41) is 3.10. The third-order valence-corrected chi connectivity index (χ3v) is 5.32. The van der Waals surface area contributed by atoms with Gasteiger partial charge in [0, 0.05) is 18.8 Å². The van der Waals surface area contributed by atoms with E-state index in [9.17, 15) is 4.79 Å². The molecule has 0 aromatic heterocycles. The highest BCUT2D eigenvalue weighted by Gasteiger charge is 2.17. The monoisotopic (exact) mass is 366 g/mol. The van der Waals surface area contributed by atoms with E-state index in [1.807, 2.05) is 31.2 Å². The minimum atomic E-state index is -0.00919. The van der Waals surface area contributed by atoms with Gasteiger partial charge in [0.1, 0.15) is 5.75 Å². The van der Waals surface area contributed by atoms with Crippen LogP contribution in [0.25, 0.3) is 0 Å². The maximum absolute atomic E-state index is 12.4. The third kappa shape index (κ3) is 5.25. The molecule has 144 valence electrons. The maximum Gasteiger partial charge on any atom is 0.224 e. The van der Waals surface area contributed by atoms with Crippen LogP contribution in [0.1, 0.15) is 43.9 Å². The Morgan fingerprint density at radius 2 is 1.89 bits per heavy atom. The number of anilines is 1. The SMILES string of the molecule is COc1ccc(CC(=O)NC(C)c2ccc(N3CCCC(C)C3)cc2)cc1. The van der Waals surface area contributed by atoms with E-state index in [1.54, 1.807) is 7.11 Å². The number of methoxy groups -OCH3 is 1. The number of hydrogen-bond acceptors (Lipinski definition) is 3. The van der Waals surface area contributed by atoms with Gasteiger partial charge < -0.3 is 15.0 Å². The van der Waals surface area contributed by atoms with Crippen molar-refractivity contribution in [1.29, 1.82) is 0 Å². The Labute approximate surface area is 162 Å². The lowest BCUT2D eigenvalue weighted by Gasteiger charge is -2.33. The van der Waals surface area contributed by atoms with Crippen molar-refractivity contribution in [2.24, 2.45) is 5.92 Å². The Morgan fingerprint density at radius 3 is 2.52 bits per heavy atom. The van der Waals surface area contributed by atoms with Crippen LogP contribution in [0.3, 0.4) is 0 Å². The highest BCUT2D eigenvalue weighted by atomic mass is 16.5. The standard InChI is InChI=1S/C23H30N2O2/c1-17-5-4-14-25(16-17)21-10-8-20(9-11-21)18(2)24-23(26)15-19-6-12-22(27-3)13-7-19/h6-13,17-18H,4-5,14-16H2,1-3H3,(H,24,26). The van der Waals surface area contributed by atoms with Gasteiger partial charge in [-0.2, -0.15) is 0 Å². The Bertz CT molecular complexity index is 740. The lowest BCUT2D eigenvalue weighted by molar-refractivity contribution is -0.121. The van der Waals surface area contributed by atoms with Gasteiger partial charge >= 0.3 is 0 Å². The zero-order valence-corrected chi connectivity index (χ0v) is 16.6. The molecule has 0 aliphatic carbocycles. The molecule has 0 saturated carbocycles. The number of nitrogens with one attached hydrogen (secondary N) is 1. The Kier molecular flexibility index (Phi) is 6.38. The quantitative estimate of drug-likeness (QED) is 0.826. The van der Waals surface area contributed by atoms with Crippen molar-refractivity contribution in [2.45, 2.75) is 39.2 Å². The Morgan fingerprint density at radius 1 is 1.19 bits per heavy atom. The lowest BCUT2D eigenvalue weighted by atomic mass is 9.99. The van der Waals surface area contributed by atoms with Crippen molar-refractivity contribution in [2.75, 3.05) is 25.1 Å². The number of amides is 1. The van der Waals surface area contributed by atoms with Crippen molar-refractivity contribution in [3.63, 3.8) is 0 Å². The van der Waals surface area contributed by atoms with Gasteiger partial charge in [-0.1, -0.05) is 31.2 Å². The molecule has 1 aliphatic rings. The fraction of sp³-hybridized carbons (Fsp3) is 0.435. The molecular weight excluding hydrogens is 336 g/mol. The zero-order valence-electron chi connectivity index (χ0n) is 16.6. The van der Waals surface area contributed by atoms with Crippen LogP contribution < -0.4 is 15.0 Å². The van der Waals surface area contributed by atoms with Crippen molar-refractivity contribution in [3.8, 4) is 5.75 Å². The second-order valence-electron chi connectivity index (χ2n) is 7.60. The molecular formula is C23H30N2O2. The molecule has 0 bridgehead atoms. The van der Waals surface area contributed by atoms with Crippen LogP contribution in [-0.2, 0) is 11.2 Å². The first-order valence-corrected chi connectivity index (χ1v) is 9.82. The molecule has 2 unspecified atom stereocenters. The number of hydrogen-bond donors (Lipinski definition) is 1. The number of piperidine rings is 1. The van der Waals surface area contributed by atoms with E-state index in [2.05, 4.69) is 41.4 Å². The van der Waals surface area contributed by atoms with Crippen LogP contribution in [0.15, 0.2) is 48.5 Å². The van der Waals surface area contributed by atoms with Gasteiger partial charge in [-0.3, -0.25) is 4.79 Å². The predicted octanol–water partition coefficient (Wildman–Crippen LogP) is 4.35. The normalized spacial score (nSPS) is 18.0. The molecule has 2 aromatic rings. The number of nitrogens with zero attached hydrogens (tertiary/aromatic N) is 1. The summed E-state index contributed by atoms with van der Waals surface area (Å²) >= 11 is 0. The van der Waals surface area contributed by atoms with Crippen molar-refractivity contribution >= 4 is 11.6 Å². The molecule has 4 nitrogen and oxygen atoms in total. The second-order valence-corrected chi connectivity index (χ2v) is 7.60. The van der Waals surface area contributed by atoms with Crippen LogP contribution in [-0.4, -0.2) is 26.1 Å². The summed E-state index contributed by atoms with van der Waals surface area (Å²) in [7, 11) is 1.64. The maximum atomic E-state index is 12.4. The summed E-state index contributed by atoms with van der Waals surface area (Å²) in [6.07, 6.45) is 2.96. The molecule has 2 atom stereocenters. The molecule has 1 saturated heterocycles. The van der Waals surface area contributed by atoms with Crippen LogP contribution in [0, 0.1) is 5.92 Å². The fourth-order valence-electron chi connectivity index (χ4n) is 3.70. The predicted molar refractivity (Wildman–Crippen MR) is 110 cm³/mol. The average Bonchev–Trinajstić information content (AvgIpc) is 2.68. The van der Waals surface area contributed by atoms with Crippen molar-refractivity contribution in [1.82, 2.24) is 5.32 Å². The molecule has 1 N–H and O–H groups in total. The first-order chi connectivity index (χ1) is 13.0. The summed E-state index contributed by atoms with van der Waals surface area (Å²) in [4.78, 5) is 14.8. The largest absolute Gasteiger partial charge is 0.497 e. The highest BCUT2D eigenvalue weighted by Crippen LogP contribution is 2.24. The van der Waals surface area contributed by atoms with E-state index in [0.717, 1.165) is 35.9 Å². The zero-order chi connectivity index (χ0) is 19.2. The molecule has 1 heterocycles. The van der Waals surface area contributed by atoms with Crippen LogP contribution in [0.4, 0.5) is 5.69 Å². The number of benzene rings is 2. The highest BCUT2D eigenvalue weighted by molar-refractivity contribution is 5.79. The van der Waals surface area contributed by atoms with Crippen molar-refractivity contribution < 1.29 is 9.53 Å². The minimum absolute atomic E-state index is 0.00919. The van der Waals surface area contributed by atoms with Gasteiger partial charge in [-0.05, 0) is 61.1 Å². The molecule has 0 spiro atoms. The van der Waals surface area contributed by atoms with Crippen LogP contribution in [0.2, 0.25) is 0 Å². The lowest BCUT2D eigenvalue weighted by Crippen LogP contribution is -2.34. The van der Waals surface area contributed by atoms with E-state index in [0.29, 0.717) is 6.42 Å². The average molecular weight is 367 g/mol. The second kappa shape index (κ2) is 8.94. The van der Waals surface area contributed by atoms with E-state index in [4.69, 9.17) is 4.74 Å². The van der Waals surface area contributed by atoms with Gasteiger partial charge in [0.15, 0.2) is 0 Å². The van der Waals surface area contributed by atoms with Gasteiger partial charge in [0.25, 0.3) is 0 Å². The molecule has 1 aliphatic heterocycles. The molecule has 4 heteroatoms. The summed E-state index contributed by atoms with van der Waals surface area (Å²) in [5.74, 6) is 1.59. The first-order valence-electron chi connectivity index (χ1n) is 9.82. The first kappa shape index (κ1) is 19.3. The Balaban J connectivity index is 1.55. The summed E-state index contributed by atoms with van der Waals surface area (Å²) in [6.45, 7) is 6.62. The molecule has 0 radical (unpaired) electrons. The van der Waals surface area contributed by atoms with Gasteiger partial charge in [0.2, 0.25) is 5.91 Å². The molecule has 3 rings (SSSR count). The smallest absolute Gasteiger partial charge is 0.224 e. The molecule has 27 heavy (non-hydrogen) atoms. The number of ether oxygens (including phenoxy) is 1. The van der Waals surface area contributed by atoms with E-state index >= 15 is 0 Å². The van der Waals surface area contributed by atoms with Gasteiger partial charge in [-0.15, -0.1) is 0 Å². The molecule has 1 fully saturated rings. The van der Waals surface area contributed by atoms with Crippen molar-refractivity contribution in [3.05, 3.63) is 59.7 Å². The van der Waals surface area contributed by atoms with E-state index < -0.39 is 0 Å². The number of carbonyl (C=O) groups is 1. The van der Waals surface area contributed by atoms with E-state index in [1.165, 1.54) is 18.5 Å². The van der Waals surface area contributed by atoms with E-state index in [-0.39, 0.29) is 11.9 Å². The number of rotatable bonds is 6.